The number of nitrogens with one attached hydrogen (secondary N) is 3. The van der Waals surface area contributed by atoms with Crippen LogP contribution in [0.1, 0.15) is 41.3 Å². The van der Waals surface area contributed by atoms with Crippen molar-refractivity contribution in [2.24, 2.45) is 0 Å². The summed E-state index contributed by atoms with van der Waals surface area (Å²) in [6.07, 6.45) is 0.663. The summed E-state index contributed by atoms with van der Waals surface area (Å²) >= 11 is 0. The fourth-order valence-electron chi connectivity index (χ4n) is 3.27. The maximum atomic E-state index is 12.6. The van der Waals surface area contributed by atoms with Crippen molar-refractivity contribution < 1.29 is 14.4 Å². The third kappa shape index (κ3) is 3.72. The van der Waals surface area contributed by atoms with Crippen LogP contribution in [0.25, 0.3) is 0 Å². The number of carbonyl (C=O) groups excluding carboxylic acids is 3. The monoisotopic (exact) mass is 344 g/mol. The number of likely N-dealkylation sites (N-methyl/N-ethyl adjacent to an activating group) is 1. The molecule has 0 bridgehead atoms. The molecule has 3 N–H and O–H groups in total. The summed E-state index contributed by atoms with van der Waals surface area (Å²) in [7, 11) is 1.93. The second kappa shape index (κ2) is 7.33. The third-order valence-corrected chi connectivity index (χ3v) is 4.86. The second-order valence-electron chi connectivity index (χ2n) is 6.71. The average molecular weight is 344 g/mol. The first kappa shape index (κ1) is 17.6. The van der Waals surface area contributed by atoms with Crippen LogP contribution in [0.4, 0.5) is 0 Å². The Bertz CT molecular complexity index is 704. The van der Waals surface area contributed by atoms with Crippen molar-refractivity contribution in [2.45, 2.75) is 44.9 Å². The number of hydrogen-bond donors (Lipinski definition) is 3. The highest BCUT2D eigenvalue weighted by Gasteiger charge is 2.38. The topological polar surface area (TPSA) is 90.5 Å². The van der Waals surface area contributed by atoms with Crippen LogP contribution in [0, 0.1) is 0 Å². The number of rotatable bonds is 6. The number of hydrogen-bond acceptors (Lipinski definition) is 5. The van der Waals surface area contributed by atoms with Gasteiger partial charge >= 0.3 is 0 Å². The number of carbonyl (C=O) groups is 3. The van der Waals surface area contributed by atoms with Crippen LogP contribution in [0.2, 0.25) is 0 Å². The summed E-state index contributed by atoms with van der Waals surface area (Å²) in [4.78, 5) is 37.5. The lowest BCUT2D eigenvalue weighted by atomic mass is 10.0. The maximum absolute atomic E-state index is 12.6. The molecule has 0 saturated carbocycles. The summed E-state index contributed by atoms with van der Waals surface area (Å²) in [5, 5.41) is 8.87. The molecule has 25 heavy (non-hydrogen) atoms. The van der Waals surface area contributed by atoms with Gasteiger partial charge < -0.3 is 15.5 Å². The van der Waals surface area contributed by atoms with Gasteiger partial charge in [-0.1, -0.05) is 12.1 Å². The molecule has 134 valence electrons. The number of fused-ring (bicyclic) bond motifs is 1. The Kier molecular flexibility index (Phi) is 5.15. The van der Waals surface area contributed by atoms with Crippen LogP contribution in [0.3, 0.4) is 0 Å². The van der Waals surface area contributed by atoms with Crippen molar-refractivity contribution in [1.29, 1.82) is 0 Å². The Morgan fingerprint density at radius 1 is 1.32 bits per heavy atom. The highest BCUT2D eigenvalue weighted by molar-refractivity contribution is 6.05. The van der Waals surface area contributed by atoms with Gasteiger partial charge in [-0.2, -0.15) is 0 Å². The molecule has 1 aromatic rings. The molecule has 7 nitrogen and oxygen atoms in total. The number of benzene rings is 1. The fraction of sp³-hybridized carbons (Fsp3) is 0.500. The molecule has 2 aliphatic heterocycles. The molecule has 2 atom stereocenters. The van der Waals surface area contributed by atoms with E-state index in [0.717, 1.165) is 24.2 Å². The highest BCUT2D eigenvalue weighted by Crippen LogP contribution is 2.28. The third-order valence-electron chi connectivity index (χ3n) is 4.86. The zero-order valence-electron chi connectivity index (χ0n) is 14.6. The van der Waals surface area contributed by atoms with Gasteiger partial charge in [0.15, 0.2) is 0 Å². The highest BCUT2D eigenvalue weighted by atomic mass is 16.2. The molecule has 0 aliphatic carbocycles. The van der Waals surface area contributed by atoms with Crippen molar-refractivity contribution in [3.05, 3.63) is 34.9 Å². The van der Waals surface area contributed by atoms with Gasteiger partial charge in [0.2, 0.25) is 11.8 Å². The fourth-order valence-corrected chi connectivity index (χ4v) is 3.27. The molecule has 0 aromatic heterocycles. The predicted octanol–water partition coefficient (Wildman–Crippen LogP) is 0.145. The van der Waals surface area contributed by atoms with E-state index in [1.165, 1.54) is 0 Å². The van der Waals surface area contributed by atoms with Crippen LogP contribution >= 0.6 is 0 Å². The first-order valence-corrected chi connectivity index (χ1v) is 8.64. The average Bonchev–Trinajstić information content (AvgIpc) is 2.91. The van der Waals surface area contributed by atoms with Crippen LogP contribution in [0.5, 0.6) is 0 Å². The van der Waals surface area contributed by atoms with Gasteiger partial charge in [-0.25, -0.2) is 0 Å². The number of piperidine rings is 1. The number of imide groups is 1. The van der Waals surface area contributed by atoms with Gasteiger partial charge in [-0.15, -0.1) is 0 Å². The molecule has 1 fully saturated rings. The molecule has 1 saturated heterocycles. The van der Waals surface area contributed by atoms with E-state index >= 15 is 0 Å². The summed E-state index contributed by atoms with van der Waals surface area (Å²) < 4.78 is 0. The quantitative estimate of drug-likeness (QED) is 0.639. The Morgan fingerprint density at radius 2 is 2.12 bits per heavy atom. The molecule has 0 spiro atoms. The minimum absolute atomic E-state index is 0.132. The molecule has 7 heteroatoms. The van der Waals surface area contributed by atoms with Crippen molar-refractivity contribution in [3.63, 3.8) is 0 Å². The van der Waals surface area contributed by atoms with Crippen molar-refractivity contribution in [2.75, 3.05) is 13.6 Å². The zero-order chi connectivity index (χ0) is 18.0. The largest absolute Gasteiger partial charge is 0.322 e. The molecular formula is C18H24N4O3. The SMILES string of the molecule is CNC(C)CNCc1ccc2c(c1)CN(C1CCC(=O)NC1=O)C2=O. The minimum atomic E-state index is -0.560. The van der Waals surface area contributed by atoms with E-state index in [1.54, 1.807) is 4.90 Å². The Morgan fingerprint density at radius 3 is 2.84 bits per heavy atom. The summed E-state index contributed by atoms with van der Waals surface area (Å²) in [5.41, 5.74) is 2.70. The second-order valence-corrected chi connectivity index (χ2v) is 6.71. The van der Waals surface area contributed by atoms with E-state index in [-0.39, 0.29) is 24.1 Å². The van der Waals surface area contributed by atoms with E-state index in [2.05, 4.69) is 22.9 Å². The van der Waals surface area contributed by atoms with Gasteiger partial charge in [0.25, 0.3) is 5.91 Å². The van der Waals surface area contributed by atoms with Crippen LogP contribution < -0.4 is 16.0 Å². The van der Waals surface area contributed by atoms with E-state index in [4.69, 9.17) is 0 Å². The van der Waals surface area contributed by atoms with E-state index in [0.29, 0.717) is 24.6 Å². The maximum Gasteiger partial charge on any atom is 0.255 e. The summed E-state index contributed by atoms with van der Waals surface area (Å²) in [6, 6.07) is 5.63. The lowest BCUT2D eigenvalue weighted by molar-refractivity contribution is -0.136. The molecule has 1 aromatic carbocycles. The Balaban J connectivity index is 1.67. The predicted molar refractivity (Wildman–Crippen MR) is 92.7 cm³/mol. The van der Waals surface area contributed by atoms with Gasteiger partial charge in [0, 0.05) is 37.7 Å². The van der Waals surface area contributed by atoms with Crippen molar-refractivity contribution >= 4 is 17.7 Å². The van der Waals surface area contributed by atoms with Crippen LogP contribution in [0.15, 0.2) is 18.2 Å². The van der Waals surface area contributed by atoms with E-state index in [9.17, 15) is 14.4 Å². The lowest BCUT2D eigenvalue weighted by Gasteiger charge is -2.29. The Hall–Kier alpha value is -2.25. The van der Waals surface area contributed by atoms with Crippen LogP contribution in [-0.4, -0.2) is 48.3 Å². The number of nitrogens with zero attached hydrogens (tertiary/aromatic N) is 1. The minimum Gasteiger partial charge on any atom is -0.322 e. The van der Waals surface area contributed by atoms with Crippen molar-refractivity contribution in [3.8, 4) is 0 Å². The van der Waals surface area contributed by atoms with E-state index in [1.807, 2.05) is 25.2 Å². The van der Waals surface area contributed by atoms with E-state index < -0.39 is 6.04 Å². The zero-order valence-corrected chi connectivity index (χ0v) is 14.6. The first-order chi connectivity index (χ1) is 12.0. The normalized spacial score (nSPS) is 21.3. The number of amides is 3. The molecule has 3 rings (SSSR count). The van der Waals surface area contributed by atoms with Crippen LogP contribution in [-0.2, 0) is 22.7 Å². The van der Waals surface area contributed by atoms with Gasteiger partial charge in [-0.3, -0.25) is 19.7 Å². The van der Waals surface area contributed by atoms with Gasteiger partial charge in [0.1, 0.15) is 6.04 Å². The molecule has 3 amide bonds. The van der Waals surface area contributed by atoms with Crippen molar-refractivity contribution in [1.82, 2.24) is 20.9 Å². The smallest absolute Gasteiger partial charge is 0.255 e. The lowest BCUT2D eigenvalue weighted by Crippen LogP contribution is -2.52. The first-order valence-electron chi connectivity index (χ1n) is 8.64. The summed E-state index contributed by atoms with van der Waals surface area (Å²) in [6.45, 7) is 4.11. The molecule has 2 heterocycles. The Labute approximate surface area is 147 Å². The molecule has 2 unspecified atom stereocenters. The van der Waals surface area contributed by atoms with Gasteiger partial charge in [-0.05, 0) is 37.6 Å². The molecular weight excluding hydrogens is 320 g/mol. The van der Waals surface area contributed by atoms with Gasteiger partial charge in [0.05, 0.1) is 0 Å². The molecule has 0 radical (unpaired) electrons. The molecule has 2 aliphatic rings. The summed E-state index contributed by atoms with van der Waals surface area (Å²) in [5.74, 6) is -0.775. The standard InChI is InChI=1S/C18H24N4O3/c1-11(19-2)8-20-9-12-3-4-14-13(7-12)10-22(18(14)25)15-5-6-16(23)21-17(15)24/h3-4,7,11,15,19-20H,5-6,8-10H2,1-2H3,(H,21,23,24).